The maximum atomic E-state index is 13.9. The molecule has 2 saturated heterocycles. The highest BCUT2D eigenvalue weighted by Gasteiger charge is 2.45. The van der Waals surface area contributed by atoms with Crippen LogP contribution >= 0.6 is 11.6 Å². The van der Waals surface area contributed by atoms with E-state index in [2.05, 4.69) is 22.0 Å². The Hall–Kier alpha value is -2.81. The normalized spacial score (nSPS) is 22.6. The molecule has 3 heterocycles. The monoisotopic (exact) mass is 540 g/mol. The summed E-state index contributed by atoms with van der Waals surface area (Å²) in [6, 6.07) is 13.0. The van der Waals surface area contributed by atoms with E-state index in [0.29, 0.717) is 31.0 Å². The molecule has 204 valence electrons. The van der Waals surface area contributed by atoms with E-state index in [-0.39, 0.29) is 49.1 Å². The van der Waals surface area contributed by atoms with Crippen molar-refractivity contribution in [2.75, 3.05) is 20.2 Å². The van der Waals surface area contributed by atoms with Crippen molar-refractivity contribution in [1.29, 1.82) is 0 Å². The van der Waals surface area contributed by atoms with Crippen molar-refractivity contribution in [3.8, 4) is 0 Å². The number of ether oxygens (including phenoxy) is 1. The molecule has 4 atom stereocenters. The summed E-state index contributed by atoms with van der Waals surface area (Å²) in [5.74, 6) is -0.529. The summed E-state index contributed by atoms with van der Waals surface area (Å²) >= 11 is 5.94. The smallest absolute Gasteiger partial charge is 0.305 e. The van der Waals surface area contributed by atoms with Crippen molar-refractivity contribution in [3.63, 3.8) is 0 Å². The van der Waals surface area contributed by atoms with Crippen molar-refractivity contribution < 1.29 is 19.1 Å². The molecule has 2 N–H and O–H groups in total. The molecule has 0 spiro atoms. The van der Waals surface area contributed by atoms with Gasteiger partial charge in [0.1, 0.15) is 0 Å². The fourth-order valence-electron chi connectivity index (χ4n) is 5.71. The number of amides is 1. The lowest BCUT2D eigenvalue weighted by atomic mass is 9.98. The number of hydrogen-bond donors (Lipinski definition) is 1. The summed E-state index contributed by atoms with van der Waals surface area (Å²) in [5.41, 5.74) is 8.36. The number of fused-ring (bicyclic) bond motifs is 1. The van der Waals surface area contributed by atoms with Crippen molar-refractivity contribution in [2.45, 2.75) is 75.5 Å². The zero-order chi connectivity index (χ0) is 27.1. The van der Waals surface area contributed by atoms with Gasteiger partial charge in [0.05, 0.1) is 24.2 Å². The van der Waals surface area contributed by atoms with E-state index in [9.17, 15) is 14.4 Å². The maximum absolute atomic E-state index is 13.9. The molecule has 2 aromatic rings. The average molecular weight is 541 g/mol. The largest absolute Gasteiger partial charge is 0.469 e. The minimum atomic E-state index is -0.694. The first-order chi connectivity index (χ1) is 18.4. The molecule has 4 rings (SSSR count). The van der Waals surface area contributed by atoms with Gasteiger partial charge in [0.25, 0.3) is 0 Å². The quantitative estimate of drug-likeness (QED) is 0.436. The fraction of sp³-hybridized carbons (Fsp3) is 0.517. The molecule has 2 fully saturated rings. The first kappa shape index (κ1) is 28.2. The summed E-state index contributed by atoms with van der Waals surface area (Å²) in [7, 11) is 1.33. The minimum Gasteiger partial charge on any atom is -0.469 e. The number of Topliss-reactive ketones (excluding diaryl/α,β-unsaturated/α-hetero) is 1. The lowest BCUT2D eigenvalue weighted by molar-refractivity contribution is -0.145. The number of aryl methyl sites for hydroxylation is 2. The van der Waals surface area contributed by atoms with Gasteiger partial charge in [0.15, 0.2) is 5.78 Å². The third-order valence-electron chi connectivity index (χ3n) is 7.73. The van der Waals surface area contributed by atoms with Crippen LogP contribution < -0.4 is 5.73 Å². The molecular weight excluding hydrogens is 504 g/mol. The topological polar surface area (TPSA) is 106 Å². The van der Waals surface area contributed by atoms with E-state index in [1.807, 2.05) is 18.2 Å². The molecule has 8 nitrogen and oxygen atoms in total. The van der Waals surface area contributed by atoms with Gasteiger partial charge in [-0.2, -0.15) is 0 Å². The number of halogens is 1. The lowest BCUT2D eigenvalue weighted by Crippen LogP contribution is -2.50. The third-order valence-corrected chi connectivity index (χ3v) is 7.96. The SMILES string of the molecule is COC(=O)CC[C@H](C(=O)CCc1ccc(Cl)cn1)N1CCC(CCc2ccccc2)N2C[C@H](N)C[C@H]2C1=O. The van der Waals surface area contributed by atoms with Crippen LogP contribution in [0.2, 0.25) is 5.02 Å². The molecular formula is C29H37ClN4O4. The lowest BCUT2D eigenvalue weighted by Gasteiger charge is -2.32. The van der Waals surface area contributed by atoms with Gasteiger partial charge in [-0.3, -0.25) is 24.3 Å². The molecule has 9 heteroatoms. The van der Waals surface area contributed by atoms with Crippen LogP contribution in [0.1, 0.15) is 49.8 Å². The Morgan fingerprint density at radius 3 is 2.66 bits per heavy atom. The molecule has 0 bridgehead atoms. The molecule has 1 unspecified atom stereocenters. The zero-order valence-electron chi connectivity index (χ0n) is 21.9. The number of ketones is 1. The Kier molecular flexibility index (Phi) is 9.88. The molecule has 1 aromatic heterocycles. The number of esters is 1. The molecule has 0 radical (unpaired) electrons. The minimum absolute atomic E-state index is 0.0620. The number of pyridine rings is 1. The number of hydrogen-bond acceptors (Lipinski definition) is 7. The van der Waals surface area contributed by atoms with E-state index in [1.54, 1.807) is 23.2 Å². The number of aromatic nitrogens is 1. The highest BCUT2D eigenvalue weighted by molar-refractivity contribution is 6.30. The van der Waals surface area contributed by atoms with Crippen LogP contribution in [0.4, 0.5) is 0 Å². The summed E-state index contributed by atoms with van der Waals surface area (Å²) < 4.78 is 4.83. The zero-order valence-corrected chi connectivity index (χ0v) is 22.7. The van der Waals surface area contributed by atoms with Gasteiger partial charge < -0.3 is 15.4 Å². The maximum Gasteiger partial charge on any atom is 0.305 e. The van der Waals surface area contributed by atoms with Gasteiger partial charge >= 0.3 is 5.97 Å². The Morgan fingerprint density at radius 1 is 1.16 bits per heavy atom. The van der Waals surface area contributed by atoms with Gasteiger partial charge in [-0.1, -0.05) is 41.9 Å². The molecule has 0 aliphatic carbocycles. The fourth-order valence-corrected chi connectivity index (χ4v) is 5.83. The summed E-state index contributed by atoms with van der Waals surface area (Å²) in [5, 5.41) is 0.535. The van der Waals surface area contributed by atoms with Crippen LogP contribution in [0, 0.1) is 0 Å². The second-order valence-electron chi connectivity index (χ2n) is 10.3. The standard InChI is InChI=1S/C29H37ClN4O4/c1-38-28(36)14-12-25(27(35)13-10-23-9-8-21(30)18-32-23)33-16-15-24(11-7-20-5-3-2-4-6-20)34-19-22(31)17-26(34)29(33)37/h2-6,8-9,18,22,24-26H,7,10-17,19,31H2,1H3/t22-,24?,25-,26+/m1/s1. The van der Waals surface area contributed by atoms with Crippen LogP contribution in [0.3, 0.4) is 0 Å². The Balaban J connectivity index is 1.51. The number of nitrogens with zero attached hydrogens (tertiary/aromatic N) is 3. The highest BCUT2D eigenvalue weighted by atomic mass is 35.5. The number of carbonyl (C=O) groups excluding carboxylic acids is 3. The van der Waals surface area contributed by atoms with Gasteiger partial charge in [-0.25, -0.2) is 0 Å². The molecule has 2 aliphatic heterocycles. The third kappa shape index (κ3) is 7.18. The van der Waals surface area contributed by atoms with Crippen LogP contribution in [0.15, 0.2) is 48.7 Å². The van der Waals surface area contributed by atoms with Gasteiger partial charge in [-0.05, 0) is 56.2 Å². The van der Waals surface area contributed by atoms with E-state index < -0.39 is 12.0 Å². The number of carbonyl (C=O) groups is 3. The molecule has 0 saturated carbocycles. The van der Waals surface area contributed by atoms with E-state index in [0.717, 1.165) is 25.0 Å². The van der Waals surface area contributed by atoms with E-state index >= 15 is 0 Å². The van der Waals surface area contributed by atoms with Crippen LogP contribution in [0.5, 0.6) is 0 Å². The molecule has 2 aliphatic rings. The molecule has 1 amide bonds. The van der Waals surface area contributed by atoms with Crippen LogP contribution in [-0.2, 0) is 32.0 Å². The summed E-state index contributed by atoms with van der Waals surface area (Å²) in [6.45, 7) is 1.14. The second kappa shape index (κ2) is 13.3. The number of benzene rings is 1. The summed E-state index contributed by atoms with van der Waals surface area (Å²) in [4.78, 5) is 47.7. The highest BCUT2D eigenvalue weighted by Crippen LogP contribution is 2.30. The Morgan fingerprint density at radius 2 is 1.95 bits per heavy atom. The van der Waals surface area contributed by atoms with Gasteiger partial charge in [0, 0.05) is 49.9 Å². The summed E-state index contributed by atoms with van der Waals surface area (Å²) in [6.07, 6.45) is 5.67. The van der Waals surface area contributed by atoms with Gasteiger partial charge in [0.2, 0.25) is 5.91 Å². The van der Waals surface area contributed by atoms with Crippen molar-refractivity contribution in [1.82, 2.24) is 14.8 Å². The van der Waals surface area contributed by atoms with Gasteiger partial charge in [-0.15, -0.1) is 0 Å². The second-order valence-corrected chi connectivity index (χ2v) is 10.7. The first-order valence-corrected chi connectivity index (χ1v) is 13.8. The van der Waals surface area contributed by atoms with E-state index in [4.69, 9.17) is 22.1 Å². The van der Waals surface area contributed by atoms with Crippen LogP contribution in [-0.4, -0.2) is 76.8 Å². The van der Waals surface area contributed by atoms with Crippen molar-refractivity contribution in [3.05, 3.63) is 64.9 Å². The average Bonchev–Trinajstić information content (AvgIpc) is 3.27. The first-order valence-electron chi connectivity index (χ1n) is 13.4. The Bertz CT molecular complexity index is 1100. The molecule has 38 heavy (non-hydrogen) atoms. The number of nitrogens with two attached hydrogens (primary N) is 1. The van der Waals surface area contributed by atoms with Crippen molar-refractivity contribution in [2.24, 2.45) is 5.73 Å². The number of rotatable bonds is 11. The predicted octanol–water partition coefficient (Wildman–Crippen LogP) is 3.19. The van der Waals surface area contributed by atoms with Crippen molar-refractivity contribution >= 4 is 29.3 Å². The molecule has 1 aromatic carbocycles. The van der Waals surface area contributed by atoms with Crippen LogP contribution in [0.25, 0.3) is 0 Å². The predicted molar refractivity (Wildman–Crippen MR) is 146 cm³/mol. The Labute approximate surface area is 229 Å². The van der Waals surface area contributed by atoms with E-state index in [1.165, 1.54) is 12.7 Å². The number of methoxy groups -OCH3 is 1.